The van der Waals surface area contributed by atoms with E-state index in [9.17, 15) is 9.90 Å². The predicted octanol–water partition coefficient (Wildman–Crippen LogP) is 2.91. The fraction of sp³-hybridized carbons (Fsp3) is 0.667. The minimum absolute atomic E-state index is 0.0888. The van der Waals surface area contributed by atoms with Crippen molar-refractivity contribution in [3.63, 3.8) is 0 Å². The van der Waals surface area contributed by atoms with Gasteiger partial charge in [-0.2, -0.15) is 11.3 Å². The van der Waals surface area contributed by atoms with Crippen LogP contribution in [0.3, 0.4) is 0 Å². The highest BCUT2D eigenvalue weighted by Gasteiger charge is 2.32. The Balaban J connectivity index is 1.95. The maximum atomic E-state index is 12.1. The number of aliphatic hydroxyl groups is 1. The van der Waals surface area contributed by atoms with Crippen LogP contribution in [0.4, 0.5) is 4.79 Å². The van der Waals surface area contributed by atoms with Crippen molar-refractivity contribution in [2.45, 2.75) is 45.3 Å². The molecule has 20 heavy (non-hydrogen) atoms. The van der Waals surface area contributed by atoms with Crippen LogP contribution >= 0.6 is 11.3 Å². The molecule has 2 atom stereocenters. The summed E-state index contributed by atoms with van der Waals surface area (Å²) in [5.74, 6) is 0.0888. The van der Waals surface area contributed by atoms with Gasteiger partial charge >= 0.3 is 6.09 Å². The standard InChI is InChI=1S/C15H23NO3S/c1-15(2,3)19-14(18)16-6-4-13(17)12(9-16)8-11-5-7-20-10-11/h5,7,10,12-13,17H,4,6,8-9H2,1-3H3. The zero-order valence-electron chi connectivity index (χ0n) is 12.3. The number of hydrogen-bond acceptors (Lipinski definition) is 4. The zero-order valence-corrected chi connectivity index (χ0v) is 13.2. The van der Waals surface area contributed by atoms with Crippen molar-refractivity contribution < 1.29 is 14.6 Å². The topological polar surface area (TPSA) is 49.8 Å². The third kappa shape index (κ3) is 4.21. The zero-order chi connectivity index (χ0) is 14.8. The second kappa shape index (κ2) is 6.14. The quantitative estimate of drug-likeness (QED) is 0.913. The second-order valence-corrected chi connectivity index (χ2v) is 7.16. The molecule has 4 nitrogen and oxygen atoms in total. The van der Waals surface area contributed by atoms with Crippen molar-refractivity contribution in [2.24, 2.45) is 5.92 Å². The lowest BCUT2D eigenvalue weighted by Crippen LogP contribution is -2.48. The molecule has 1 aliphatic heterocycles. The van der Waals surface area contributed by atoms with Crippen molar-refractivity contribution in [3.8, 4) is 0 Å². The summed E-state index contributed by atoms with van der Waals surface area (Å²) in [6.07, 6.45) is 0.811. The van der Waals surface area contributed by atoms with Crippen molar-refractivity contribution in [3.05, 3.63) is 22.4 Å². The van der Waals surface area contributed by atoms with E-state index in [0.29, 0.717) is 19.5 Å². The summed E-state index contributed by atoms with van der Waals surface area (Å²) in [5, 5.41) is 14.3. The first-order chi connectivity index (χ1) is 9.35. The summed E-state index contributed by atoms with van der Waals surface area (Å²) in [6, 6.07) is 2.07. The van der Waals surface area contributed by atoms with E-state index in [-0.39, 0.29) is 18.1 Å². The Morgan fingerprint density at radius 1 is 1.55 bits per heavy atom. The summed E-state index contributed by atoms with van der Waals surface area (Å²) in [4.78, 5) is 13.8. The lowest BCUT2D eigenvalue weighted by molar-refractivity contribution is -0.00822. The number of likely N-dealkylation sites (tertiary alicyclic amines) is 1. The van der Waals surface area contributed by atoms with Gasteiger partial charge < -0.3 is 14.7 Å². The SMILES string of the molecule is CC(C)(C)OC(=O)N1CCC(O)C(Cc2ccsc2)C1. The van der Waals surface area contributed by atoms with E-state index in [1.807, 2.05) is 26.2 Å². The number of aliphatic hydroxyl groups excluding tert-OH is 1. The van der Waals surface area contributed by atoms with Gasteiger partial charge in [0.25, 0.3) is 0 Å². The van der Waals surface area contributed by atoms with Crippen LogP contribution in [0.5, 0.6) is 0 Å². The molecule has 0 aromatic carbocycles. The van der Waals surface area contributed by atoms with E-state index in [4.69, 9.17) is 4.74 Å². The summed E-state index contributed by atoms with van der Waals surface area (Å²) in [7, 11) is 0. The van der Waals surface area contributed by atoms with Crippen LogP contribution in [-0.4, -0.2) is 40.9 Å². The smallest absolute Gasteiger partial charge is 0.410 e. The summed E-state index contributed by atoms with van der Waals surface area (Å²) < 4.78 is 5.40. The molecular weight excluding hydrogens is 274 g/mol. The molecule has 0 bridgehead atoms. The minimum atomic E-state index is -0.476. The largest absolute Gasteiger partial charge is 0.444 e. The van der Waals surface area contributed by atoms with Gasteiger partial charge in [0.1, 0.15) is 5.60 Å². The number of carbonyl (C=O) groups excluding carboxylic acids is 1. The molecule has 2 unspecified atom stereocenters. The highest BCUT2D eigenvalue weighted by Crippen LogP contribution is 2.24. The lowest BCUT2D eigenvalue weighted by Gasteiger charge is -2.36. The lowest BCUT2D eigenvalue weighted by atomic mass is 9.90. The van der Waals surface area contributed by atoms with Gasteiger partial charge in [-0.1, -0.05) is 0 Å². The van der Waals surface area contributed by atoms with E-state index < -0.39 is 5.60 Å². The average molecular weight is 297 g/mol. The second-order valence-electron chi connectivity index (χ2n) is 6.38. The van der Waals surface area contributed by atoms with E-state index in [1.54, 1.807) is 16.2 Å². The number of thiophene rings is 1. The van der Waals surface area contributed by atoms with E-state index in [2.05, 4.69) is 11.4 Å². The number of rotatable bonds is 2. The molecule has 1 fully saturated rings. The highest BCUT2D eigenvalue weighted by atomic mass is 32.1. The fourth-order valence-corrected chi connectivity index (χ4v) is 3.11. The van der Waals surface area contributed by atoms with Crippen LogP contribution in [0.2, 0.25) is 0 Å². The number of ether oxygens (including phenoxy) is 1. The Morgan fingerprint density at radius 2 is 2.30 bits per heavy atom. The van der Waals surface area contributed by atoms with Gasteiger partial charge in [-0.25, -0.2) is 4.79 Å². The van der Waals surface area contributed by atoms with Crippen LogP contribution < -0.4 is 0 Å². The number of hydrogen-bond donors (Lipinski definition) is 1. The Hall–Kier alpha value is -1.07. The molecule has 1 N–H and O–H groups in total. The van der Waals surface area contributed by atoms with Crippen LogP contribution in [0.25, 0.3) is 0 Å². The van der Waals surface area contributed by atoms with Gasteiger partial charge in [0.15, 0.2) is 0 Å². The first-order valence-corrected chi connectivity index (χ1v) is 7.96. The Labute approximate surface area is 124 Å². The third-order valence-corrected chi connectivity index (χ3v) is 4.16. The van der Waals surface area contributed by atoms with Crippen LogP contribution in [0, 0.1) is 5.92 Å². The molecule has 0 aliphatic carbocycles. The first-order valence-electron chi connectivity index (χ1n) is 7.02. The van der Waals surface area contributed by atoms with Gasteiger partial charge in [-0.05, 0) is 56.0 Å². The maximum Gasteiger partial charge on any atom is 0.410 e. The van der Waals surface area contributed by atoms with Crippen LogP contribution in [0.1, 0.15) is 32.8 Å². The maximum absolute atomic E-state index is 12.1. The summed E-state index contributed by atoms with van der Waals surface area (Å²) in [6.45, 7) is 6.73. The average Bonchev–Trinajstić information content (AvgIpc) is 2.82. The number of amides is 1. The third-order valence-electron chi connectivity index (χ3n) is 3.42. The molecule has 1 amide bonds. The fourth-order valence-electron chi connectivity index (χ4n) is 2.42. The van der Waals surface area contributed by atoms with E-state index in [0.717, 1.165) is 6.42 Å². The number of carbonyl (C=O) groups is 1. The van der Waals surface area contributed by atoms with Crippen LogP contribution in [-0.2, 0) is 11.2 Å². The van der Waals surface area contributed by atoms with Crippen molar-refractivity contribution in [1.29, 1.82) is 0 Å². The molecule has 2 rings (SSSR count). The summed E-state index contributed by atoms with van der Waals surface area (Å²) >= 11 is 1.66. The minimum Gasteiger partial charge on any atom is -0.444 e. The molecule has 0 saturated carbocycles. The molecule has 1 saturated heterocycles. The molecular formula is C15H23NO3S. The molecule has 1 aromatic rings. The molecule has 112 valence electrons. The van der Waals surface area contributed by atoms with Crippen LogP contribution in [0.15, 0.2) is 16.8 Å². The molecule has 2 heterocycles. The normalized spacial score (nSPS) is 23.7. The molecule has 0 spiro atoms. The number of nitrogens with zero attached hydrogens (tertiary/aromatic N) is 1. The van der Waals surface area contributed by atoms with Gasteiger partial charge in [0.2, 0.25) is 0 Å². The van der Waals surface area contributed by atoms with Crippen molar-refractivity contribution in [2.75, 3.05) is 13.1 Å². The van der Waals surface area contributed by atoms with Gasteiger partial charge in [-0.15, -0.1) is 0 Å². The van der Waals surface area contributed by atoms with Crippen molar-refractivity contribution in [1.82, 2.24) is 4.90 Å². The van der Waals surface area contributed by atoms with E-state index in [1.165, 1.54) is 5.56 Å². The van der Waals surface area contributed by atoms with Gasteiger partial charge in [0.05, 0.1) is 6.10 Å². The molecule has 5 heteroatoms. The first kappa shape index (κ1) is 15.3. The summed E-state index contributed by atoms with van der Waals surface area (Å²) in [5.41, 5.74) is 0.751. The van der Waals surface area contributed by atoms with Gasteiger partial charge in [-0.3, -0.25) is 0 Å². The Bertz CT molecular complexity index is 438. The Kier molecular flexibility index (Phi) is 4.70. The highest BCUT2D eigenvalue weighted by molar-refractivity contribution is 7.07. The Morgan fingerprint density at radius 3 is 2.90 bits per heavy atom. The molecule has 1 aliphatic rings. The number of piperidine rings is 1. The monoisotopic (exact) mass is 297 g/mol. The molecule has 0 radical (unpaired) electrons. The predicted molar refractivity (Wildman–Crippen MR) is 79.9 cm³/mol. The van der Waals surface area contributed by atoms with Gasteiger partial charge in [0, 0.05) is 19.0 Å². The van der Waals surface area contributed by atoms with E-state index >= 15 is 0 Å². The molecule has 1 aromatic heterocycles. The van der Waals surface area contributed by atoms with Crippen molar-refractivity contribution >= 4 is 17.4 Å².